The van der Waals surface area contributed by atoms with Crippen molar-refractivity contribution in [3.63, 3.8) is 0 Å². The van der Waals surface area contributed by atoms with E-state index in [9.17, 15) is 8.78 Å². The van der Waals surface area contributed by atoms with E-state index in [0.717, 1.165) is 5.56 Å². The van der Waals surface area contributed by atoms with E-state index in [1.54, 1.807) is 12.1 Å². The van der Waals surface area contributed by atoms with E-state index < -0.39 is 0 Å². The molecule has 1 atom stereocenters. The maximum Gasteiger partial charge on any atom is 0.129 e. The molecule has 0 aliphatic rings. The van der Waals surface area contributed by atoms with Gasteiger partial charge in [-0.3, -0.25) is 0 Å². The van der Waals surface area contributed by atoms with Crippen LogP contribution in [0.15, 0.2) is 40.9 Å². The van der Waals surface area contributed by atoms with Crippen LogP contribution in [-0.4, -0.2) is 6.54 Å². The fourth-order valence-corrected chi connectivity index (χ4v) is 2.96. The minimum Gasteiger partial charge on any atom is -0.310 e. The molecular weight excluding hydrogens is 360 g/mol. The summed E-state index contributed by atoms with van der Waals surface area (Å²) in [6, 6.07) is 9.08. The van der Waals surface area contributed by atoms with E-state index in [0.29, 0.717) is 28.0 Å². The summed E-state index contributed by atoms with van der Waals surface area (Å²) in [5, 5.41) is 3.59. The molecule has 0 radical (unpaired) electrons. The van der Waals surface area contributed by atoms with E-state index in [-0.39, 0.29) is 17.7 Å². The first-order valence-corrected chi connectivity index (χ1v) is 7.80. The topological polar surface area (TPSA) is 12.0 Å². The van der Waals surface area contributed by atoms with Gasteiger partial charge in [0.2, 0.25) is 0 Å². The molecule has 0 bridgehead atoms. The maximum absolute atomic E-state index is 14.1. The van der Waals surface area contributed by atoms with Gasteiger partial charge in [-0.25, -0.2) is 8.78 Å². The van der Waals surface area contributed by atoms with Crippen molar-refractivity contribution >= 4 is 27.5 Å². The Morgan fingerprint density at radius 2 is 1.95 bits per heavy atom. The van der Waals surface area contributed by atoms with Crippen molar-refractivity contribution in [2.24, 2.45) is 0 Å². The molecule has 0 saturated heterocycles. The molecule has 1 N–H and O–H groups in total. The molecule has 0 amide bonds. The van der Waals surface area contributed by atoms with Crippen LogP contribution >= 0.6 is 27.5 Å². The van der Waals surface area contributed by atoms with E-state index in [4.69, 9.17) is 11.6 Å². The maximum atomic E-state index is 14.1. The van der Waals surface area contributed by atoms with Crippen LogP contribution in [-0.2, 0) is 6.42 Å². The predicted molar refractivity (Wildman–Crippen MR) is 85.6 cm³/mol. The van der Waals surface area contributed by atoms with Crippen LogP contribution in [0.3, 0.4) is 0 Å². The van der Waals surface area contributed by atoms with Gasteiger partial charge in [-0.05, 0) is 48.9 Å². The van der Waals surface area contributed by atoms with Gasteiger partial charge in [0.25, 0.3) is 0 Å². The first-order chi connectivity index (χ1) is 9.99. The summed E-state index contributed by atoms with van der Waals surface area (Å²) >= 11 is 9.05. The summed E-state index contributed by atoms with van der Waals surface area (Å²) in [6.45, 7) is 2.63. The summed E-state index contributed by atoms with van der Waals surface area (Å²) < 4.78 is 28.2. The second-order valence-corrected chi connectivity index (χ2v) is 6.11. The Morgan fingerprint density at radius 3 is 2.57 bits per heavy atom. The van der Waals surface area contributed by atoms with Crippen LogP contribution in [0.4, 0.5) is 8.78 Å². The third-order valence-electron chi connectivity index (χ3n) is 3.15. The van der Waals surface area contributed by atoms with Crippen LogP contribution in [0.1, 0.15) is 24.1 Å². The van der Waals surface area contributed by atoms with E-state index >= 15 is 0 Å². The normalized spacial score (nSPS) is 12.4. The first-order valence-electron chi connectivity index (χ1n) is 6.63. The van der Waals surface area contributed by atoms with Crippen LogP contribution in [0.5, 0.6) is 0 Å². The van der Waals surface area contributed by atoms with Gasteiger partial charge in [0.15, 0.2) is 0 Å². The highest BCUT2D eigenvalue weighted by Crippen LogP contribution is 2.25. The standard InChI is InChI=1S/C16H15BrClF2N/c1-2-21-16(14-4-3-12(18)9-15(14)20)7-10-5-11(17)8-13(19)6-10/h3-6,8-9,16,21H,2,7H2,1H3. The average molecular weight is 375 g/mol. The zero-order valence-corrected chi connectivity index (χ0v) is 13.8. The van der Waals surface area contributed by atoms with Gasteiger partial charge in [-0.2, -0.15) is 0 Å². The molecule has 0 saturated carbocycles. The number of nitrogens with one attached hydrogen (secondary N) is 1. The Bertz CT molecular complexity index is 613. The molecular formula is C16H15BrClF2N. The lowest BCUT2D eigenvalue weighted by atomic mass is 9.98. The molecule has 0 fully saturated rings. The van der Waals surface area contributed by atoms with Crippen LogP contribution in [0.2, 0.25) is 5.02 Å². The number of likely N-dealkylation sites (N-methyl/N-ethyl adjacent to an activating group) is 1. The summed E-state index contributed by atoms with van der Waals surface area (Å²) in [7, 11) is 0. The Hall–Kier alpha value is -0.970. The minimum atomic E-state index is -0.357. The zero-order chi connectivity index (χ0) is 15.4. The van der Waals surface area contributed by atoms with Crippen LogP contribution < -0.4 is 5.32 Å². The fourth-order valence-electron chi connectivity index (χ4n) is 2.29. The van der Waals surface area contributed by atoms with E-state index in [1.165, 1.54) is 18.2 Å². The molecule has 2 rings (SSSR count). The van der Waals surface area contributed by atoms with Crippen molar-refractivity contribution in [2.45, 2.75) is 19.4 Å². The van der Waals surface area contributed by atoms with E-state index in [2.05, 4.69) is 21.2 Å². The molecule has 2 aromatic rings. The molecule has 0 aliphatic heterocycles. The molecule has 0 aliphatic carbocycles. The number of hydrogen-bond donors (Lipinski definition) is 1. The van der Waals surface area contributed by atoms with E-state index in [1.807, 2.05) is 13.0 Å². The second kappa shape index (κ2) is 7.34. The lowest BCUT2D eigenvalue weighted by Crippen LogP contribution is -2.24. The highest BCUT2D eigenvalue weighted by Gasteiger charge is 2.16. The average Bonchev–Trinajstić information content (AvgIpc) is 2.37. The number of benzene rings is 2. The van der Waals surface area contributed by atoms with Gasteiger partial charge < -0.3 is 5.32 Å². The zero-order valence-electron chi connectivity index (χ0n) is 11.5. The second-order valence-electron chi connectivity index (χ2n) is 4.76. The van der Waals surface area contributed by atoms with Crippen molar-refractivity contribution in [2.75, 3.05) is 6.54 Å². The van der Waals surface area contributed by atoms with Crippen LogP contribution in [0.25, 0.3) is 0 Å². The minimum absolute atomic E-state index is 0.235. The largest absolute Gasteiger partial charge is 0.310 e. The van der Waals surface area contributed by atoms with Gasteiger partial charge in [0, 0.05) is 21.1 Å². The van der Waals surface area contributed by atoms with Crippen molar-refractivity contribution in [1.29, 1.82) is 0 Å². The van der Waals surface area contributed by atoms with Gasteiger partial charge in [0.1, 0.15) is 11.6 Å². The van der Waals surface area contributed by atoms with Crippen molar-refractivity contribution in [3.05, 3.63) is 68.7 Å². The molecule has 0 spiro atoms. The van der Waals surface area contributed by atoms with Gasteiger partial charge in [0.05, 0.1) is 0 Å². The Kier molecular flexibility index (Phi) is 5.73. The molecule has 112 valence electrons. The number of rotatable bonds is 5. The summed E-state index contributed by atoms with van der Waals surface area (Å²) in [5.41, 5.74) is 1.32. The molecule has 5 heteroatoms. The fraction of sp³-hybridized carbons (Fsp3) is 0.250. The SMILES string of the molecule is CCNC(Cc1cc(F)cc(Br)c1)c1ccc(Cl)cc1F. The molecule has 0 aromatic heterocycles. The van der Waals surface area contributed by atoms with Crippen molar-refractivity contribution in [1.82, 2.24) is 5.32 Å². The molecule has 1 nitrogen and oxygen atoms in total. The smallest absolute Gasteiger partial charge is 0.129 e. The van der Waals surface area contributed by atoms with Crippen molar-refractivity contribution < 1.29 is 8.78 Å². The predicted octanol–water partition coefficient (Wildman–Crippen LogP) is 5.27. The lowest BCUT2D eigenvalue weighted by Gasteiger charge is -2.19. The quantitative estimate of drug-likeness (QED) is 0.751. The molecule has 2 aromatic carbocycles. The Balaban J connectivity index is 2.30. The molecule has 0 heterocycles. The number of halogens is 4. The number of hydrogen-bond acceptors (Lipinski definition) is 1. The lowest BCUT2D eigenvalue weighted by molar-refractivity contribution is 0.508. The molecule has 21 heavy (non-hydrogen) atoms. The van der Waals surface area contributed by atoms with Gasteiger partial charge in [-0.15, -0.1) is 0 Å². The monoisotopic (exact) mass is 373 g/mol. The molecule has 1 unspecified atom stereocenters. The first kappa shape index (κ1) is 16.4. The van der Waals surface area contributed by atoms with Gasteiger partial charge in [-0.1, -0.05) is 40.5 Å². The Labute approximate surface area is 136 Å². The summed E-state index contributed by atoms with van der Waals surface area (Å²) in [6.07, 6.45) is 0.489. The summed E-state index contributed by atoms with van der Waals surface area (Å²) in [4.78, 5) is 0. The Morgan fingerprint density at radius 1 is 1.19 bits per heavy atom. The van der Waals surface area contributed by atoms with Crippen LogP contribution in [0, 0.1) is 11.6 Å². The third-order valence-corrected chi connectivity index (χ3v) is 3.84. The highest BCUT2D eigenvalue weighted by atomic mass is 79.9. The van der Waals surface area contributed by atoms with Crippen molar-refractivity contribution in [3.8, 4) is 0 Å². The third kappa shape index (κ3) is 4.50. The summed E-state index contributed by atoms with van der Waals surface area (Å²) in [5.74, 6) is -0.671. The highest BCUT2D eigenvalue weighted by molar-refractivity contribution is 9.10. The van der Waals surface area contributed by atoms with Gasteiger partial charge >= 0.3 is 0 Å².